The van der Waals surface area contributed by atoms with Crippen molar-refractivity contribution in [2.75, 3.05) is 0 Å². The van der Waals surface area contributed by atoms with Gasteiger partial charge < -0.3 is 24.7 Å². The van der Waals surface area contributed by atoms with Crippen LogP contribution in [0.3, 0.4) is 0 Å². The first-order valence-electron chi connectivity index (χ1n) is 3.91. The molecule has 0 aliphatic heterocycles. The Labute approximate surface area is 104 Å². The van der Waals surface area contributed by atoms with E-state index in [-0.39, 0.29) is 0 Å². The van der Waals surface area contributed by atoms with Crippen LogP contribution in [0, 0.1) is 0 Å². The first-order valence-corrected chi connectivity index (χ1v) is 7.13. The Hall–Kier alpha value is -0.230. The van der Waals surface area contributed by atoms with E-state index in [0.29, 0.717) is 0 Å². The second kappa shape index (κ2) is 4.63. The molecule has 0 radical (unpaired) electrons. The number of hydrogen-bond acceptors (Lipinski definition) is 3. The lowest BCUT2D eigenvalue weighted by atomic mass is 10.1. The Morgan fingerprint density at radius 1 is 0.650 bits per heavy atom. The third-order valence-electron chi connectivity index (χ3n) is 1.98. The average molecular weight is 360 g/mol. The van der Waals surface area contributed by atoms with Gasteiger partial charge in [-0.3, -0.25) is 9.13 Å². The Balaban J connectivity index is 6.54. The van der Waals surface area contributed by atoms with Gasteiger partial charge in [0.1, 0.15) is 0 Å². The summed E-state index contributed by atoms with van der Waals surface area (Å²) in [5.74, 6) is -14.6. The molecule has 0 atom stereocenters. The molecule has 0 aromatic rings. The summed E-state index contributed by atoms with van der Waals surface area (Å²) in [5.41, 5.74) is 0. The van der Waals surface area contributed by atoms with Gasteiger partial charge in [-0.1, -0.05) is 0 Å². The largest absolute Gasteiger partial charge is 0.460 e. The maximum Gasteiger partial charge on any atom is 0.460 e. The van der Waals surface area contributed by atoms with Crippen LogP contribution < -0.4 is 0 Å². The van der Waals surface area contributed by atoms with Gasteiger partial charge in [-0.2, -0.15) is 30.7 Å². The predicted octanol–water partition coefficient (Wildman–Crippen LogP) is 0.821. The van der Waals surface area contributed by atoms with Crippen LogP contribution in [0.1, 0.15) is 0 Å². The van der Waals surface area contributed by atoms with Gasteiger partial charge in [-0.15, -0.1) is 0 Å². The zero-order valence-corrected chi connectivity index (χ0v) is 10.4. The first-order chi connectivity index (χ1) is 8.25. The van der Waals surface area contributed by atoms with Crippen molar-refractivity contribution < 1.29 is 64.5 Å². The van der Waals surface area contributed by atoms with E-state index in [0.717, 1.165) is 0 Å². The molecule has 0 heterocycles. The molecule has 0 aliphatic carbocycles. The monoisotopic (exact) mass is 360 g/mol. The minimum absolute atomic E-state index is 6.26. The average Bonchev–Trinajstić information content (AvgIpc) is 2.10. The van der Waals surface area contributed by atoms with Crippen LogP contribution in [0.5, 0.6) is 0 Å². The smallest absolute Gasteiger partial charge is 0.363 e. The van der Waals surface area contributed by atoms with Crippen molar-refractivity contribution in [2.45, 2.75) is 23.1 Å². The lowest BCUT2D eigenvalue weighted by Gasteiger charge is -2.39. The zero-order valence-electron chi connectivity index (χ0n) is 8.59. The highest BCUT2D eigenvalue weighted by Crippen LogP contribution is 2.75. The van der Waals surface area contributed by atoms with Crippen LogP contribution in [0.2, 0.25) is 0 Å². The van der Waals surface area contributed by atoms with Crippen molar-refractivity contribution in [3.05, 3.63) is 0 Å². The Kier molecular flexibility index (Phi) is 4.58. The van der Waals surface area contributed by atoms with E-state index in [1.54, 1.807) is 0 Å². The zero-order chi connectivity index (χ0) is 17.0. The van der Waals surface area contributed by atoms with Gasteiger partial charge in [0.25, 0.3) is 0 Å². The summed E-state index contributed by atoms with van der Waals surface area (Å²) in [6.07, 6.45) is -7.16. The van der Waals surface area contributed by atoms with E-state index >= 15 is 0 Å². The van der Waals surface area contributed by atoms with Crippen LogP contribution >= 0.6 is 15.2 Å². The molecule has 0 spiro atoms. The molecule has 122 valence electrons. The van der Waals surface area contributed by atoms with Gasteiger partial charge in [0, 0.05) is 0 Å². The Morgan fingerprint density at radius 2 is 0.900 bits per heavy atom. The fourth-order valence-electron chi connectivity index (χ4n) is 0.924. The van der Waals surface area contributed by atoms with E-state index in [4.69, 9.17) is 24.7 Å². The molecule has 20 heavy (non-hydrogen) atoms. The molecule has 5 N–H and O–H groups in total. The van der Waals surface area contributed by atoms with E-state index < -0.39 is 38.3 Å². The summed E-state index contributed by atoms with van der Waals surface area (Å²) in [6.45, 7) is 0. The van der Waals surface area contributed by atoms with Crippen molar-refractivity contribution in [3.63, 3.8) is 0 Å². The number of hydrogen-bond donors (Lipinski definition) is 5. The topological polar surface area (TPSA) is 135 Å². The Morgan fingerprint density at radius 3 is 1.05 bits per heavy atom. The predicted molar refractivity (Wildman–Crippen MR) is 45.0 cm³/mol. The maximum atomic E-state index is 13.0. The Bertz CT molecular complexity index is 452. The molecule has 0 saturated carbocycles. The molecule has 0 aromatic carbocycles. The number of halogens is 7. The van der Waals surface area contributed by atoms with Crippen molar-refractivity contribution in [1.82, 2.24) is 0 Å². The molecule has 16 heteroatoms. The van der Waals surface area contributed by atoms with Gasteiger partial charge in [0.05, 0.1) is 0 Å². The maximum absolute atomic E-state index is 13.0. The van der Waals surface area contributed by atoms with E-state index in [2.05, 4.69) is 0 Å². The quantitative estimate of drug-likeness (QED) is 0.370. The van der Waals surface area contributed by atoms with Gasteiger partial charge in [-0.05, 0) is 0 Å². The fraction of sp³-hybridized carbons (Fsp3) is 1.00. The molecular weight excluding hydrogens is 355 g/mol. The minimum atomic E-state index is -7.34. The SMILES string of the molecule is O=P(O)(O)C(O)(C(F)(F)C(F)(F)C(F)(F)F)P(=O)(O)O. The number of rotatable bonds is 4. The summed E-state index contributed by atoms with van der Waals surface area (Å²) in [4.78, 5) is 32.9. The molecule has 0 saturated heterocycles. The van der Waals surface area contributed by atoms with Crippen LogP contribution in [-0.2, 0) is 9.13 Å². The van der Waals surface area contributed by atoms with Crippen LogP contribution in [0.15, 0.2) is 0 Å². The van der Waals surface area contributed by atoms with Crippen molar-refractivity contribution in [1.29, 1.82) is 0 Å². The van der Waals surface area contributed by atoms with Gasteiger partial charge >= 0.3 is 38.3 Å². The van der Waals surface area contributed by atoms with E-state index in [1.165, 1.54) is 0 Å². The van der Waals surface area contributed by atoms with Crippen LogP contribution in [0.4, 0.5) is 30.7 Å². The van der Waals surface area contributed by atoms with Crippen molar-refractivity contribution >= 4 is 15.2 Å². The summed E-state index contributed by atoms with van der Waals surface area (Å²) in [7, 11) is -14.5. The lowest BCUT2D eigenvalue weighted by Crippen LogP contribution is -2.63. The van der Waals surface area contributed by atoms with Gasteiger partial charge in [0.15, 0.2) is 0 Å². The molecule has 0 unspecified atom stereocenters. The van der Waals surface area contributed by atoms with Crippen LogP contribution in [0.25, 0.3) is 0 Å². The standard InChI is InChI=1S/C4H5F7O7P2/c5-1(6,3(9,10)11)2(7,8)4(12,19(13,14)15)20(16,17)18/h12H,(H2,13,14,15)(H2,16,17,18). The molecule has 0 amide bonds. The summed E-state index contributed by atoms with van der Waals surface area (Å²) in [5, 5.41) is 2.40. The summed E-state index contributed by atoms with van der Waals surface area (Å²) >= 11 is 0. The molecule has 0 aliphatic rings. The van der Waals surface area contributed by atoms with Crippen molar-refractivity contribution in [2.24, 2.45) is 0 Å². The third kappa shape index (κ3) is 2.49. The molecule has 0 rings (SSSR count). The van der Waals surface area contributed by atoms with Crippen molar-refractivity contribution in [3.8, 4) is 0 Å². The third-order valence-corrected chi connectivity index (χ3v) is 5.73. The summed E-state index contributed by atoms with van der Waals surface area (Å²) in [6, 6.07) is 0. The second-order valence-corrected chi connectivity index (χ2v) is 7.19. The molecule has 7 nitrogen and oxygen atoms in total. The molecular formula is C4H5F7O7P2. The number of aliphatic hydroxyl groups is 1. The van der Waals surface area contributed by atoms with E-state index in [9.17, 15) is 39.9 Å². The lowest BCUT2D eigenvalue weighted by molar-refractivity contribution is -0.370. The van der Waals surface area contributed by atoms with Gasteiger partial charge in [-0.25, -0.2) is 0 Å². The normalized spacial score (nSPS) is 16.4. The highest BCUT2D eigenvalue weighted by atomic mass is 31.2. The molecule has 0 aromatic heterocycles. The minimum Gasteiger partial charge on any atom is -0.363 e. The second-order valence-electron chi connectivity index (χ2n) is 3.37. The molecule has 0 bridgehead atoms. The van der Waals surface area contributed by atoms with Gasteiger partial charge in [0.2, 0.25) is 0 Å². The fourth-order valence-corrected chi connectivity index (χ4v) is 3.29. The first kappa shape index (κ1) is 19.8. The summed E-state index contributed by atoms with van der Waals surface area (Å²) < 4.78 is 108. The number of alkyl halides is 7. The molecule has 0 fully saturated rings. The van der Waals surface area contributed by atoms with E-state index in [1.807, 2.05) is 0 Å². The van der Waals surface area contributed by atoms with Crippen LogP contribution in [-0.4, -0.2) is 47.8 Å². The highest BCUT2D eigenvalue weighted by Gasteiger charge is 2.88. The highest BCUT2D eigenvalue weighted by molar-refractivity contribution is 7.72.